The fraction of sp³-hybridized carbons (Fsp3) is 0.900. The van der Waals surface area contributed by atoms with E-state index in [1.807, 2.05) is 0 Å². The average molecular weight is 248 g/mol. The molecule has 1 aliphatic rings. The number of hydrogen-bond donors (Lipinski definition) is 2. The molecule has 5 nitrogen and oxygen atoms in total. The highest BCUT2D eigenvalue weighted by molar-refractivity contribution is 7.90. The molecule has 0 aromatic heterocycles. The maximum Gasteiger partial charge on any atom is 0.221 e. The molecule has 6 heteroatoms. The summed E-state index contributed by atoms with van der Waals surface area (Å²) in [6.45, 7) is 0.406. The molecular formula is C10H20N2O3S. The maximum atomic E-state index is 11.4. The van der Waals surface area contributed by atoms with Crippen LogP contribution < -0.4 is 11.1 Å². The Morgan fingerprint density at radius 1 is 1.50 bits per heavy atom. The van der Waals surface area contributed by atoms with Gasteiger partial charge in [0, 0.05) is 25.3 Å². The molecule has 0 spiro atoms. The molecule has 1 rings (SSSR count). The molecule has 1 fully saturated rings. The first kappa shape index (κ1) is 13.4. The van der Waals surface area contributed by atoms with E-state index in [1.54, 1.807) is 0 Å². The van der Waals surface area contributed by atoms with Gasteiger partial charge in [-0.25, -0.2) is 8.42 Å². The van der Waals surface area contributed by atoms with E-state index >= 15 is 0 Å². The predicted octanol–water partition coefficient (Wildman–Crippen LogP) is -0.335. The van der Waals surface area contributed by atoms with E-state index in [0.29, 0.717) is 25.3 Å². The van der Waals surface area contributed by atoms with Gasteiger partial charge in [0.15, 0.2) is 0 Å². The standard InChI is InChI=1S/C10H20N2O3S/c1-16(14,15)6-2-5-12-10(13)7-9(11)8-3-4-8/h8-9H,2-7,11H2,1H3,(H,12,13). The Hall–Kier alpha value is -0.620. The summed E-state index contributed by atoms with van der Waals surface area (Å²) in [4.78, 5) is 11.4. The Balaban J connectivity index is 2.06. The minimum Gasteiger partial charge on any atom is -0.356 e. The Labute approximate surface area is 96.7 Å². The first-order valence-corrected chi connectivity index (χ1v) is 7.64. The molecule has 0 aliphatic heterocycles. The summed E-state index contributed by atoms with van der Waals surface area (Å²) in [5.74, 6) is 0.553. The molecule has 1 saturated carbocycles. The van der Waals surface area contributed by atoms with Gasteiger partial charge in [0.25, 0.3) is 0 Å². The van der Waals surface area contributed by atoms with E-state index in [2.05, 4.69) is 5.32 Å². The van der Waals surface area contributed by atoms with Crippen molar-refractivity contribution in [1.82, 2.24) is 5.32 Å². The molecule has 1 atom stereocenters. The van der Waals surface area contributed by atoms with Crippen LogP contribution in [0.3, 0.4) is 0 Å². The molecule has 0 aromatic carbocycles. The molecule has 0 aromatic rings. The van der Waals surface area contributed by atoms with Crippen LogP contribution in [0.5, 0.6) is 0 Å². The Bertz CT molecular complexity index is 336. The Morgan fingerprint density at radius 2 is 2.12 bits per heavy atom. The molecule has 16 heavy (non-hydrogen) atoms. The van der Waals surface area contributed by atoms with E-state index < -0.39 is 9.84 Å². The topological polar surface area (TPSA) is 89.3 Å². The number of nitrogens with two attached hydrogens (primary N) is 1. The van der Waals surface area contributed by atoms with Crippen LogP contribution >= 0.6 is 0 Å². The van der Waals surface area contributed by atoms with Crippen molar-refractivity contribution in [2.45, 2.75) is 31.7 Å². The number of amides is 1. The largest absolute Gasteiger partial charge is 0.356 e. The lowest BCUT2D eigenvalue weighted by Crippen LogP contribution is -2.33. The first-order chi connectivity index (χ1) is 7.38. The van der Waals surface area contributed by atoms with Crippen molar-refractivity contribution < 1.29 is 13.2 Å². The third kappa shape index (κ3) is 6.07. The zero-order chi connectivity index (χ0) is 12.2. The van der Waals surface area contributed by atoms with Crippen LogP contribution in [-0.2, 0) is 14.6 Å². The monoisotopic (exact) mass is 248 g/mol. The summed E-state index contributed by atoms with van der Waals surface area (Å²) in [6.07, 6.45) is 4.26. The van der Waals surface area contributed by atoms with Gasteiger partial charge in [-0.3, -0.25) is 4.79 Å². The number of carbonyl (C=O) groups is 1. The fourth-order valence-corrected chi connectivity index (χ4v) is 2.21. The second-order valence-electron chi connectivity index (χ2n) is 4.54. The Morgan fingerprint density at radius 3 is 2.62 bits per heavy atom. The minimum atomic E-state index is -2.92. The summed E-state index contributed by atoms with van der Waals surface area (Å²) in [7, 11) is -2.92. The SMILES string of the molecule is CS(=O)(=O)CCCNC(=O)CC(N)C1CC1. The third-order valence-electron chi connectivity index (χ3n) is 2.66. The van der Waals surface area contributed by atoms with Crippen LogP contribution in [0, 0.1) is 5.92 Å². The lowest BCUT2D eigenvalue weighted by atomic mass is 10.1. The van der Waals surface area contributed by atoms with Crippen molar-refractivity contribution in [2.24, 2.45) is 11.7 Å². The van der Waals surface area contributed by atoms with Gasteiger partial charge < -0.3 is 11.1 Å². The number of nitrogens with one attached hydrogen (secondary N) is 1. The zero-order valence-corrected chi connectivity index (χ0v) is 10.4. The second kappa shape index (κ2) is 5.63. The molecule has 1 unspecified atom stereocenters. The molecule has 0 radical (unpaired) electrons. The van der Waals surface area contributed by atoms with Crippen LogP contribution in [0.1, 0.15) is 25.7 Å². The number of rotatable bonds is 7. The van der Waals surface area contributed by atoms with Crippen LogP contribution in [0.2, 0.25) is 0 Å². The second-order valence-corrected chi connectivity index (χ2v) is 6.80. The van der Waals surface area contributed by atoms with Gasteiger partial charge in [-0.2, -0.15) is 0 Å². The normalized spacial score (nSPS) is 18.1. The Kier molecular flexibility index (Phi) is 4.73. The molecule has 0 heterocycles. The summed E-state index contributed by atoms with van der Waals surface area (Å²) in [5.41, 5.74) is 5.80. The van der Waals surface area contributed by atoms with E-state index in [9.17, 15) is 13.2 Å². The first-order valence-electron chi connectivity index (χ1n) is 5.58. The smallest absolute Gasteiger partial charge is 0.221 e. The van der Waals surface area contributed by atoms with Crippen LogP contribution in [0.15, 0.2) is 0 Å². The summed E-state index contributed by atoms with van der Waals surface area (Å²) in [6, 6.07) is -0.0325. The number of sulfone groups is 1. The average Bonchev–Trinajstić information content (AvgIpc) is 2.93. The lowest BCUT2D eigenvalue weighted by molar-refractivity contribution is -0.121. The maximum absolute atomic E-state index is 11.4. The summed E-state index contributed by atoms with van der Waals surface area (Å²) in [5, 5.41) is 2.69. The van der Waals surface area contributed by atoms with Crippen molar-refractivity contribution in [3.8, 4) is 0 Å². The molecular weight excluding hydrogens is 228 g/mol. The summed E-state index contributed by atoms with van der Waals surface area (Å²) >= 11 is 0. The van der Waals surface area contributed by atoms with Gasteiger partial charge in [-0.1, -0.05) is 0 Å². The van der Waals surface area contributed by atoms with E-state index in [-0.39, 0.29) is 17.7 Å². The highest BCUT2D eigenvalue weighted by atomic mass is 32.2. The highest BCUT2D eigenvalue weighted by Gasteiger charge is 2.29. The van der Waals surface area contributed by atoms with Gasteiger partial charge in [-0.15, -0.1) is 0 Å². The fourth-order valence-electron chi connectivity index (χ4n) is 1.54. The predicted molar refractivity (Wildman–Crippen MR) is 62.7 cm³/mol. The van der Waals surface area contributed by atoms with Gasteiger partial charge in [0.2, 0.25) is 5.91 Å². The number of hydrogen-bond acceptors (Lipinski definition) is 4. The van der Waals surface area contributed by atoms with Crippen LogP contribution in [0.4, 0.5) is 0 Å². The van der Waals surface area contributed by atoms with E-state index in [4.69, 9.17) is 5.73 Å². The van der Waals surface area contributed by atoms with Gasteiger partial charge >= 0.3 is 0 Å². The van der Waals surface area contributed by atoms with Crippen molar-refractivity contribution in [2.75, 3.05) is 18.6 Å². The molecule has 3 N–H and O–H groups in total. The molecule has 0 saturated heterocycles. The van der Waals surface area contributed by atoms with Crippen LogP contribution in [-0.4, -0.2) is 38.9 Å². The zero-order valence-electron chi connectivity index (χ0n) is 9.61. The van der Waals surface area contributed by atoms with Crippen LogP contribution in [0.25, 0.3) is 0 Å². The molecule has 1 amide bonds. The van der Waals surface area contributed by atoms with Gasteiger partial charge in [0.05, 0.1) is 5.75 Å². The number of carbonyl (C=O) groups excluding carboxylic acids is 1. The highest BCUT2D eigenvalue weighted by Crippen LogP contribution is 2.32. The van der Waals surface area contributed by atoms with Crippen molar-refractivity contribution >= 4 is 15.7 Å². The quantitative estimate of drug-likeness (QED) is 0.603. The molecule has 1 aliphatic carbocycles. The summed E-state index contributed by atoms with van der Waals surface area (Å²) < 4.78 is 21.6. The minimum absolute atomic E-state index is 0.0325. The van der Waals surface area contributed by atoms with Gasteiger partial charge in [0.1, 0.15) is 9.84 Å². The molecule has 0 bridgehead atoms. The van der Waals surface area contributed by atoms with Crippen molar-refractivity contribution in [1.29, 1.82) is 0 Å². The van der Waals surface area contributed by atoms with E-state index in [0.717, 1.165) is 12.8 Å². The van der Waals surface area contributed by atoms with Crippen molar-refractivity contribution in [3.05, 3.63) is 0 Å². The third-order valence-corrected chi connectivity index (χ3v) is 3.69. The lowest BCUT2D eigenvalue weighted by Gasteiger charge is -2.10. The van der Waals surface area contributed by atoms with Crippen molar-refractivity contribution in [3.63, 3.8) is 0 Å². The van der Waals surface area contributed by atoms with E-state index in [1.165, 1.54) is 6.26 Å². The van der Waals surface area contributed by atoms with Gasteiger partial charge in [-0.05, 0) is 25.2 Å². The molecule has 94 valence electrons.